The predicted octanol–water partition coefficient (Wildman–Crippen LogP) is 2.11. The molecule has 2 heterocycles. The smallest absolute Gasteiger partial charge is 0.326 e. The van der Waals surface area contributed by atoms with Gasteiger partial charge >= 0.3 is 11.9 Å². The number of aliphatic carboxylic acids is 2. The van der Waals surface area contributed by atoms with Crippen molar-refractivity contribution in [1.29, 1.82) is 0 Å². The van der Waals surface area contributed by atoms with E-state index < -0.39 is 60.2 Å². The average molecular weight is 683 g/mol. The van der Waals surface area contributed by atoms with Gasteiger partial charge in [0.25, 0.3) is 0 Å². The van der Waals surface area contributed by atoms with Crippen molar-refractivity contribution in [2.24, 2.45) is 5.73 Å². The highest BCUT2D eigenvalue weighted by molar-refractivity contribution is 5.95. The number of hydrogen-bond acceptors (Lipinski definition) is 7. The largest absolute Gasteiger partial charge is 0.508 e. The molecular weight excluding hydrogens is 644 g/mol. The van der Waals surface area contributed by atoms with Gasteiger partial charge in [0.15, 0.2) is 0 Å². The van der Waals surface area contributed by atoms with Crippen LogP contribution in [0.2, 0.25) is 0 Å². The lowest BCUT2D eigenvalue weighted by Crippen LogP contribution is -2.58. The molecule has 0 saturated heterocycles. The lowest BCUT2D eigenvalue weighted by molar-refractivity contribution is -0.142. The summed E-state index contributed by atoms with van der Waals surface area (Å²) in [5.41, 5.74) is 9.85. The minimum absolute atomic E-state index is 0.0242. The maximum atomic E-state index is 13.7. The van der Waals surface area contributed by atoms with E-state index in [1.165, 1.54) is 24.3 Å². The number of carbonyl (C=O) groups is 5. The van der Waals surface area contributed by atoms with Gasteiger partial charge in [0.2, 0.25) is 17.7 Å². The highest BCUT2D eigenvalue weighted by Gasteiger charge is 2.31. The second kappa shape index (κ2) is 15.8. The zero-order chi connectivity index (χ0) is 35.8. The minimum atomic E-state index is -1.38. The number of carboxylic acids is 2. The number of H-pyrrole nitrogens is 2. The van der Waals surface area contributed by atoms with Crippen LogP contribution in [0.1, 0.15) is 29.5 Å². The van der Waals surface area contributed by atoms with E-state index in [4.69, 9.17) is 5.73 Å². The van der Waals surface area contributed by atoms with Gasteiger partial charge in [-0.15, -0.1) is 0 Å². The molecule has 0 fully saturated rings. The summed E-state index contributed by atoms with van der Waals surface area (Å²) in [7, 11) is 0. The summed E-state index contributed by atoms with van der Waals surface area (Å²) in [6, 6.07) is 15.5. The number of aromatic hydroxyl groups is 1. The van der Waals surface area contributed by atoms with E-state index in [9.17, 15) is 39.3 Å². The monoisotopic (exact) mass is 682 g/mol. The first kappa shape index (κ1) is 35.2. The Bertz CT molecular complexity index is 2000. The van der Waals surface area contributed by atoms with Gasteiger partial charge in [0.1, 0.15) is 23.9 Å². The normalized spacial score (nSPS) is 13.6. The molecule has 14 nitrogen and oxygen atoms in total. The van der Waals surface area contributed by atoms with Gasteiger partial charge in [0, 0.05) is 53.5 Å². The molecule has 3 aromatic carbocycles. The zero-order valence-electron chi connectivity index (χ0n) is 26.9. The zero-order valence-corrected chi connectivity index (χ0v) is 26.9. The van der Waals surface area contributed by atoms with Crippen molar-refractivity contribution in [1.82, 2.24) is 25.9 Å². The third-order valence-corrected chi connectivity index (χ3v) is 8.45. The molecule has 2 aromatic heterocycles. The molecule has 0 saturated carbocycles. The average Bonchev–Trinajstić information content (AvgIpc) is 3.70. The first-order valence-corrected chi connectivity index (χ1v) is 16.0. The van der Waals surface area contributed by atoms with Crippen molar-refractivity contribution < 1.29 is 39.3 Å². The van der Waals surface area contributed by atoms with Crippen LogP contribution < -0.4 is 21.7 Å². The standard InChI is InChI=1S/C36H38N6O8/c37-26(16-21-18-38-27-7-3-1-5-24(21)27)33(46)40-29(13-14-32(44)45)34(47)41-30(15-20-9-11-23(43)12-10-20)35(48)42-31(36(49)50)17-22-19-39-28-8-4-2-6-25(22)28/h1-12,18-19,26,29-31,38-39,43H,13-17,37H2,(H,40,46)(H,41,47)(H,42,48)(H,44,45)(H,49,50). The summed E-state index contributed by atoms with van der Waals surface area (Å²) in [6.45, 7) is 0. The van der Waals surface area contributed by atoms with E-state index in [1.54, 1.807) is 12.4 Å². The Morgan fingerprint density at radius 3 is 1.74 bits per heavy atom. The third-order valence-electron chi connectivity index (χ3n) is 8.45. The topological polar surface area (TPSA) is 240 Å². The number of nitrogens with two attached hydrogens (primary N) is 1. The van der Waals surface area contributed by atoms with Gasteiger partial charge in [-0.05, 0) is 53.8 Å². The van der Waals surface area contributed by atoms with Gasteiger partial charge in [-0.25, -0.2) is 4.79 Å². The second-order valence-corrected chi connectivity index (χ2v) is 12.1. The molecule has 3 amide bonds. The van der Waals surface area contributed by atoms with Crippen molar-refractivity contribution in [2.45, 2.75) is 56.3 Å². The molecule has 0 aliphatic rings. The maximum Gasteiger partial charge on any atom is 0.326 e. The quantitative estimate of drug-likeness (QED) is 0.0739. The summed E-state index contributed by atoms with van der Waals surface area (Å²) >= 11 is 0. The number of carboxylic acid groups (broad SMARTS) is 2. The maximum absolute atomic E-state index is 13.7. The van der Waals surface area contributed by atoms with Crippen molar-refractivity contribution >= 4 is 51.5 Å². The van der Waals surface area contributed by atoms with E-state index >= 15 is 0 Å². The van der Waals surface area contributed by atoms with Crippen molar-refractivity contribution in [3.63, 3.8) is 0 Å². The van der Waals surface area contributed by atoms with Crippen molar-refractivity contribution in [3.8, 4) is 5.75 Å². The van der Waals surface area contributed by atoms with Crippen molar-refractivity contribution in [3.05, 3.63) is 102 Å². The second-order valence-electron chi connectivity index (χ2n) is 12.1. The molecule has 50 heavy (non-hydrogen) atoms. The van der Waals surface area contributed by atoms with Crippen LogP contribution in [0.25, 0.3) is 21.8 Å². The number of fused-ring (bicyclic) bond motifs is 2. The first-order valence-electron chi connectivity index (χ1n) is 16.0. The van der Waals surface area contributed by atoms with Crippen LogP contribution in [0.4, 0.5) is 0 Å². The SMILES string of the molecule is NC(Cc1c[nH]c2ccccc12)C(=O)NC(CCC(=O)O)C(=O)NC(Cc1ccc(O)cc1)C(=O)NC(Cc1c[nH]c2ccccc12)C(=O)O. The number of carbonyl (C=O) groups excluding carboxylic acids is 3. The molecule has 0 aliphatic heterocycles. The predicted molar refractivity (Wildman–Crippen MR) is 184 cm³/mol. The van der Waals surface area contributed by atoms with E-state index in [0.29, 0.717) is 11.1 Å². The van der Waals surface area contributed by atoms with Gasteiger partial charge in [-0.2, -0.15) is 0 Å². The third kappa shape index (κ3) is 8.85. The van der Waals surface area contributed by atoms with Crippen LogP contribution in [-0.2, 0) is 43.2 Å². The molecule has 0 spiro atoms. The molecule has 4 atom stereocenters. The molecule has 4 unspecified atom stereocenters. The number of amides is 3. The molecule has 260 valence electrons. The van der Waals surface area contributed by atoms with Crippen LogP contribution in [0, 0.1) is 0 Å². The van der Waals surface area contributed by atoms with Gasteiger partial charge < -0.3 is 47.0 Å². The van der Waals surface area contributed by atoms with Crippen LogP contribution >= 0.6 is 0 Å². The number of benzene rings is 3. The number of aromatic amines is 2. The molecule has 0 aliphatic carbocycles. The highest BCUT2D eigenvalue weighted by atomic mass is 16.4. The Kier molecular flexibility index (Phi) is 11.1. The minimum Gasteiger partial charge on any atom is -0.508 e. The highest BCUT2D eigenvalue weighted by Crippen LogP contribution is 2.21. The van der Waals surface area contributed by atoms with Crippen LogP contribution in [-0.4, -0.2) is 79.1 Å². The Balaban J connectivity index is 1.33. The Hall–Kier alpha value is -6.15. The lowest BCUT2D eigenvalue weighted by atomic mass is 10.0. The van der Waals surface area contributed by atoms with Gasteiger partial charge in [-0.1, -0.05) is 48.5 Å². The summed E-state index contributed by atoms with van der Waals surface area (Å²) in [6.07, 6.45) is 2.58. The number of phenolic OH excluding ortho intramolecular Hbond substituents is 1. The van der Waals surface area contributed by atoms with Crippen LogP contribution in [0.15, 0.2) is 85.2 Å². The van der Waals surface area contributed by atoms with E-state index in [0.717, 1.165) is 27.4 Å². The van der Waals surface area contributed by atoms with E-state index in [1.807, 2.05) is 48.5 Å². The number of rotatable bonds is 16. The van der Waals surface area contributed by atoms with Gasteiger partial charge in [-0.3, -0.25) is 19.2 Å². The fraction of sp³-hybridized carbons (Fsp3) is 0.250. The number of aromatic nitrogens is 2. The Morgan fingerprint density at radius 2 is 1.16 bits per heavy atom. The molecule has 0 radical (unpaired) electrons. The molecule has 5 aromatic rings. The number of para-hydroxylation sites is 2. The molecule has 14 heteroatoms. The Morgan fingerprint density at radius 1 is 0.640 bits per heavy atom. The fourth-order valence-corrected chi connectivity index (χ4v) is 5.79. The first-order chi connectivity index (χ1) is 24.0. The molecular formula is C36H38N6O8. The fourth-order valence-electron chi connectivity index (χ4n) is 5.79. The summed E-state index contributed by atoms with van der Waals surface area (Å²) in [4.78, 5) is 70.6. The summed E-state index contributed by atoms with van der Waals surface area (Å²) in [5, 5.41) is 38.5. The molecule has 0 bridgehead atoms. The summed E-state index contributed by atoms with van der Waals surface area (Å²) in [5.74, 6) is -4.91. The van der Waals surface area contributed by atoms with Crippen LogP contribution in [0.5, 0.6) is 5.75 Å². The van der Waals surface area contributed by atoms with Crippen LogP contribution in [0.3, 0.4) is 0 Å². The summed E-state index contributed by atoms with van der Waals surface area (Å²) < 4.78 is 0. The van der Waals surface area contributed by atoms with E-state index in [2.05, 4.69) is 25.9 Å². The van der Waals surface area contributed by atoms with Crippen molar-refractivity contribution in [2.75, 3.05) is 0 Å². The number of phenols is 1. The number of hydrogen-bond donors (Lipinski definition) is 9. The van der Waals surface area contributed by atoms with Gasteiger partial charge in [0.05, 0.1) is 6.04 Å². The molecule has 5 rings (SSSR count). The van der Waals surface area contributed by atoms with E-state index in [-0.39, 0.29) is 31.4 Å². The Labute approximate surface area is 286 Å². The molecule has 10 N–H and O–H groups in total. The lowest BCUT2D eigenvalue weighted by Gasteiger charge is -2.25. The number of nitrogens with one attached hydrogen (secondary N) is 5.